The zero-order chi connectivity index (χ0) is 16.8. The number of nitrogens with one attached hydrogen (secondary N) is 1. The van der Waals surface area contributed by atoms with Crippen LogP contribution in [0.15, 0.2) is 48.5 Å². The topological polar surface area (TPSA) is 105 Å². The molecule has 2 rings (SSSR count). The number of ether oxygens (including phenoxy) is 1. The van der Waals surface area contributed by atoms with Crippen LogP contribution in [0.4, 0.5) is 5.69 Å². The first-order valence-corrected chi connectivity index (χ1v) is 6.88. The highest BCUT2D eigenvalue weighted by molar-refractivity contribution is 5.96. The maximum absolute atomic E-state index is 12.1. The largest absolute Gasteiger partial charge is 0.480 e. The summed E-state index contributed by atoms with van der Waals surface area (Å²) in [7, 11) is 0. The highest BCUT2D eigenvalue weighted by Gasteiger charge is 2.16. The van der Waals surface area contributed by atoms with Crippen LogP contribution in [-0.4, -0.2) is 17.9 Å². The maximum atomic E-state index is 12.1. The highest BCUT2D eigenvalue weighted by atomic mass is 16.5. The molecule has 0 saturated heterocycles. The van der Waals surface area contributed by atoms with Gasteiger partial charge in [-0.15, -0.1) is 0 Å². The van der Waals surface area contributed by atoms with E-state index in [1.54, 1.807) is 43.3 Å². The lowest BCUT2D eigenvalue weighted by Gasteiger charge is -2.15. The van der Waals surface area contributed by atoms with Crippen LogP contribution in [0.2, 0.25) is 0 Å². The molecule has 2 amide bonds. The Hall–Kier alpha value is -3.33. The second-order valence-electron chi connectivity index (χ2n) is 4.80. The van der Waals surface area contributed by atoms with E-state index in [0.29, 0.717) is 22.6 Å². The van der Waals surface area contributed by atoms with Gasteiger partial charge < -0.3 is 15.8 Å². The first kappa shape index (κ1) is 16.0. The maximum Gasteiger partial charge on any atom is 0.265 e. The Morgan fingerprint density at radius 3 is 2.43 bits per heavy atom. The number of benzene rings is 2. The molecule has 1 atom stereocenters. The van der Waals surface area contributed by atoms with Crippen LogP contribution in [0.3, 0.4) is 0 Å². The predicted octanol–water partition coefficient (Wildman–Crippen LogP) is 2.06. The Morgan fingerprint density at radius 2 is 1.83 bits per heavy atom. The monoisotopic (exact) mass is 309 g/mol. The molecule has 116 valence electrons. The van der Waals surface area contributed by atoms with Gasteiger partial charge in [0.15, 0.2) is 6.10 Å². The van der Waals surface area contributed by atoms with Crippen LogP contribution in [0.25, 0.3) is 0 Å². The minimum atomic E-state index is -0.791. The first-order chi connectivity index (χ1) is 11.0. The molecule has 0 bridgehead atoms. The molecular formula is C17H15N3O3. The van der Waals surface area contributed by atoms with Gasteiger partial charge in [0.1, 0.15) is 11.8 Å². The molecule has 0 aliphatic rings. The molecule has 2 aromatic carbocycles. The number of primary amides is 1. The summed E-state index contributed by atoms with van der Waals surface area (Å²) in [5.41, 5.74) is 6.39. The fourth-order valence-electron chi connectivity index (χ4n) is 1.87. The fraction of sp³-hybridized carbons (Fsp3) is 0.118. The Balaban J connectivity index is 2.02. The van der Waals surface area contributed by atoms with Gasteiger partial charge in [0.05, 0.1) is 5.56 Å². The summed E-state index contributed by atoms with van der Waals surface area (Å²) < 4.78 is 5.52. The molecule has 0 aliphatic heterocycles. The van der Waals surface area contributed by atoms with Crippen molar-refractivity contribution < 1.29 is 14.3 Å². The van der Waals surface area contributed by atoms with Crippen molar-refractivity contribution in [3.05, 3.63) is 59.7 Å². The average molecular weight is 309 g/mol. The van der Waals surface area contributed by atoms with Crippen molar-refractivity contribution in [2.45, 2.75) is 13.0 Å². The molecule has 0 heterocycles. The van der Waals surface area contributed by atoms with Crippen molar-refractivity contribution in [3.63, 3.8) is 0 Å². The van der Waals surface area contributed by atoms with Gasteiger partial charge in [-0.25, -0.2) is 0 Å². The van der Waals surface area contributed by atoms with Gasteiger partial charge in [-0.3, -0.25) is 9.59 Å². The number of nitriles is 1. The van der Waals surface area contributed by atoms with Crippen molar-refractivity contribution >= 4 is 17.5 Å². The number of para-hydroxylation sites is 1. The lowest BCUT2D eigenvalue weighted by atomic mass is 10.2. The third kappa shape index (κ3) is 4.08. The van der Waals surface area contributed by atoms with Crippen molar-refractivity contribution in [1.82, 2.24) is 0 Å². The second kappa shape index (κ2) is 7.09. The van der Waals surface area contributed by atoms with E-state index in [1.807, 2.05) is 6.07 Å². The summed E-state index contributed by atoms with van der Waals surface area (Å²) in [6.07, 6.45) is -0.791. The van der Waals surface area contributed by atoms with Gasteiger partial charge >= 0.3 is 0 Å². The average Bonchev–Trinajstić information content (AvgIpc) is 2.55. The number of carbonyl (C=O) groups excluding carboxylic acids is 2. The summed E-state index contributed by atoms with van der Waals surface area (Å²) >= 11 is 0. The summed E-state index contributed by atoms with van der Waals surface area (Å²) in [5.74, 6) is -0.556. The van der Waals surface area contributed by atoms with Crippen LogP contribution in [0, 0.1) is 11.3 Å². The van der Waals surface area contributed by atoms with Crippen molar-refractivity contribution in [3.8, 4) is 11.8 Å². The summed E-state index contributed by atoms with van der Waals surface area (Å²) in [6.45, 7) is 1.58. The minimum absolute atomic E-state index is 0.349. The van der Waals surface area contributed by atoms with E-state index >= 15 is 0 Å². The number of carbonyl (C=O) groups is 2. The van der Waals surface area contributed by atoms with E-state index in [4.69, 9.17) is 15.7 Å². The van der Waals surface area contributed by atoms with Gasteiger partial charge in [-0.2, -0.15) is 5.26 Å². The van der Waals surface area contributed by atoms with Crippen LogP contribution in [-0.2, 0) is 4.79 Å². The van der Waals surface area contributed by atoms with Crippen LogP contribution >= 0.6 is 0 Å². The fourth-order valence-corrected chi connectivity index (χ4v) is 1.87. The van der Waals surface area contributed by atoms with Gasteiger partial charge in [-0.1, -0.05) is 12.1 Å². The van der Waals surface area contributed by atoms with Gasteiger partial charge in [0, 0.05) is 11.3 Å². The van der Waals surface area contributed by atoms with E-state index in [0.717, 1.165) is 0 Å². The highest BCUT2D eigenvalue weighted by Crippen LogP contribution is 2.18. The molecule has 6 heteroatoms. The van der Waals surface area contributed by atoms with Gasteiger partial charge in [0.2, 0.25) is 5.91 Å². The number of anilines is 1. The molecule has 1 unspecified atom stereocenters. The number of hydrogen-bond acceptors (Lipinski definition) is 4. The number of amides is 2. The lowest BCUT2D eigenvalue weighted by Crippen LogP contribution is -2.30. The number of nitrogens with two attached hydrogens (primary N) is 1. The molecule has 0 spiro atoms. The molecule has 2 aromatic rings. The van der Waals surface area contributed by atoms with Crippen molar-refractivity contribution in [2.75, 3.05) is 5.32 Å². The molecular weight excluding hydrogens is 294 g/mol. The van der Waals surface area contributed by atoms with Crippen LogP contribution in [0.1, 0.15) is 22.8 Å². The molecule has 3 N–H and O–H groups in total. The smallest absolute Gasteiger partial charge is 0.265 e. The second-order valence-corrected chi connectivity index (χ2v) is 4.80. The first-order valence-electron chi connectivity index (χ1n) is 6.88. The van der Waals surface area contributed by atoms with Gasteiger partial charge in [0.25, 0.3) is 5.91 Å². The third-order valence-corrected chi connectivity index (χ3v) is 3.12. The molecule has 0 fully saturated rings. The van der Waals surface area contributed by atoms with E-state index < -0.39 is 12.0 Å². The Bertz CT molecular complexity index is 763. The Kier molecular flexibility index (Phi) is 4.95. The molecule has 6 nitrogen and oxygen atoms in total. The molecule has 0 saturated carbocycles. The Labute approximate surface area is 133 Å². The lowest BCUT2D eigenvalue weighted by molar-refractivity contribution is -0.122. The zero-order valence-electron chi connectivity index (χ0n) is 12.4. The zero-order valence-corrected chi connectivity index (χ0v) is 12.4. The normalized spacial score (nSPS) is 11.1. The summed E-state index contributed by atoms with van der Waals surface area (Å²) in [4.78, 5) is 23.1. The van der Waals surface area contributed by atoms with E-state index in [-0.39, 0.29) is 5.91 Å². The third-order valence-electron chi connectivity index (χ3n) is 3.12. The number of hydrogen-bond donors (Lipinski definition) is 2. The van der Waals surface area contributed by atoms with Crippen LogP contribution < -0.4 is 15.8 Å². The summed E-state index contributed by atoms with van der Waals surface area (Å²) in [5, 5.41) is 11.7. The summed E-state index contributed by atoms with van der Waals surface area (Å²) in [6, 6.07) is 14.9. The predicted molar refractivity (Wildman–Crippen MR) is 84.8 cm³/mol. The quantitative estimate of drug-likeness (QED) is 0.881. The molecule has 0 aliphatic carbocycles. The SMILES string of the molecule is CC(Oc1ccccc1C#N)C(=O)Nc1ccc(C(N)=O)cc1. The van der Waals surface area contributed by atoms with E-state index in [9.17, 15) is 9.59 Å². The minimum Gasteiger partial charge on any atom is -0.480 e. The standard InChI is InChI=1S/C17H15N3O3/c1-11(23-15-5-3-2-4-13(15)10-18)17(22)20-14-8-6-12(7-9-14)16(19)21/h2-9,11H,1H3,(H2,19,21)(H,20,22). The molecule has 23 heavy (non-hydrogen) atoms. The Morgan fingerprint density at radius 1 is 1.17 bits per heavy atom. The molecule has 0 radical (unpaired) electrons. The van der Waals surface area contributed by atoms with E-state index in [2.05, 4.69) is 5.32 Å². The van der Waals surface area contributed by atoms with Crippen molar-refractivity contribution in [2.24, 2.45) is 5.73 Å². The number of nitrogens with zero attached hydrogens (tertiary/aromatic N) is 1. The number of rotatable bonds is 5. The van der Waals surface area contributed by atoms with Crippen molar-refractivity contribution in [1.29, 1.82) is 5.26 Å². The van der Waals surface area contributed by atoms with Crippen LogP contribution in [0.5, 0.6) is 5.75 Å². The van der Waals surface area contributed by atoms with E-state index in [1.165, 1.54) is 12.1 Å². The van der Waals surface area contributed by atoms with Gasteiger partial charge in [-0.05, 0) is 43.3 Å². The molecule has 0 aromatic heterocycles.